The minimum absolute atomic E-state index is 0.0821. The first kappa shape index (κ1) is 20.7. The van der Waals surface area contributed by atoms with E-state index in [1.54, 1.807) is 0 Å². The number of rotatable bonds is 5. The summed E-state index contributed by atoms with van der Waals surface area (Å²) in [5.74, 6) is -1.93. The van der Waals surface area contributed by atoms with Crippen molar-refractivity contribution in [3.63, 3.8) is 0 Å². The summed E-state index contributed by atoms with van der Waals surface area (Å²) in [6, 6.07) is 4.20. The van der Waals surface area contributed by atoms with E-state index in [1.165, 1.54) is 29.4 Å². The van der Waals surface area contributed by atoms with E-state index in [0.717, 1.165) is 6.07 Å². The molecule has 1 saturated heterocycles. The smallest absolute Gasteiger partial charge is 0.417 e. The Bertz CT molecular complexity index is 970. The average molecular weight is 425 g/mol. The Morgan fingerprint density at radius 2 is 2.21 bits per heavy atom. The van der Waals surface area contributed by atoms with Gasteiger partial charge in [0.25, 0.3) is 0 Å². The number of aromatic nitrogens is 1. The lowest BCUT2D eigenvalue weighted by molar-refractivity contribution is -0.147. The van der Waals surface area contributed by atoms with E-state index >= 15 is 0 Å². The molecule has 1 aliphatic heterocycles. The molecule has 0 saturated carbocycles. The molecule has 0 spiro atoms. The van der Waals surface area contributed by atoms with Crippen molar-refractivity contribution in [3.8, 4) is 17.5 Å². The monoisotopic (exact) mass is 425 g/mol. The molecule has 0 bridgehead atoms. The molecule has 2 aromatic heterocycles. The van der Waals surface area contributed by atoms with Crippen LogP contribution in [0.5, 0.6) is 0 Å². The molecule has 0 radical (unpaired) electrons. The molecule has 3 rings (SSSR count). The zero-order chi connectivity index (χ0) is 21.2. The molecular weight excluding hydrogens is 411 g/mol. The zero-order valence-corrected chi connectivity index (χ0v) is 15.6. The van der Waals surface area contributed by atoms with E-state index < -0.39 is 35.2 Å². The Morgan fingerprint density at radius 1 is 1.45 bits per heavy atom. The Morgan fingerprint density at radius 3 is 2.79 bits per heavy atom. The Hall–Kier alpha value is -3.00. The van der Waals surface area contributed by atoms with Crippen molar-refractivity contribution in [2.24, 2.45) is 0 Å². The van der Waals surface area contributed by atoms with Gasteiger partial charge >= 0.3 is 12.1 Å². The summed E-state index contributed by atoms with van der Waals surface area (Å²) in [4.78, 5) is 28.9. The number of carbonyl (C=O) groups is 2. The van der Waals surface area contributed by atoms with E-state index in [-0.39, 0.29) is 28.8 Å². The molecule has 0 aliphatic carbocycles. The molecule has 1 atom stereocenters. The van der Waals surface area contributed by atoms with Gasteiger partial charge in [0.05, 0.1) is 23.1 Å². The molecule has 0 unspecified atom stereocenters. The predicted molar refractivity (Wildman–Crippen MR) is 94.8 cm³/mol. The summed E-state index contributed by atoms with van der Waals surface area (Å²) < 4.78 is 45.5. The summed E-state index contributed by atoms with van der Waals surface area (Å²) in [7, 11) is 0. The van der Waals surface area contributed by atoms with Gasteiger partial charge in [-0.1, -0.05) is 11.8 Å². The van der Waals surface area contributed by atoms with Gasteiger partial charge in [-0.25, -0.2) is 9.78 Å². The number of amides is 1. The largest absolute Gasteiger partial charge is 0.480 e. The van der Waals surface area contributed by atoms with Crippen LogP contribution in [0.15, 0.2) is 33.9 Å². The predicted octanol–water partition coefficient (Wildman–Crippen LogP) is 3.40. The molecule has 11 heteroatoms. The summed E-state index contributed by atoms with van der Waals surface area (Å²) >= 11 is 0.663. The number of carboxylic acids is 1. The van der Waals surface area contributed by atoms with E-state index in [4.69, 9.17) is 4.42 Å². The fraction of sp³-hybridized carbons (Fsp3) is 0.333. The summed E-state index contributed by atoms with van der Waals surface area (Å²) in [6.07, 6.45) is -2.68. The summed E-state index contributed by atoms with van der Waals surface area (Å²) in [5, 5.41) is 18.2. The lowest BCUT2D eigenvalue weighted by Gasteiger charge is -2.21. The second-order valence-electron chi connectivity index (χ2n) is 6.19. The number of pyridine rings is 1. The molecule has 29 heavy (non-hydrogen) atoms. The number of halogens is 3. The zero-order valence-electron chi connectivity index (χ0n) is 14.8. The van der Waals surface area contributed by atoms with Crippen molar-refractivity contribution >= 4 is 23.6 Å². The highest BCUT2D eigenvalue weighted by Gasteiger charge is 2.37. The highest BCUT2D eigenvalue weighted by Crippen LogP contribution is 2.38. The van der Waals surface area contributed by atoms with Crippen molar-refractivity contribution in [3.05, 3.63) is 35.6 Å². The lowest BCUT2D eigenvalue weighted by atomic mass is 10.1. The number of carbonyl (C=O) groups excluding carboxylic acids is 1. The number of carboxylic acid groups (broad SMARTS) is 1. The third-order valence-electron chi connectivity index (χ3n) is 4.37. The van der Waals surface area contributed by atoms with Crippen LogP contribution < -0.4 is 0 Å². The number of aliphatic carboxylic acids is 1. The second kappa shape index (κ2) is 8.16. The SMILES string of the molecule is N#Cc1c(C(F)(F)F)cc(-c2ccco2)nc1SCC(=O)N1CCC[C@@H]1C(=O)O. The molecule has 0 aromatic carbocycles. The van der Waals surface area contributed by atoms with E-state index in [0.29, 0.717) is 24.6 Å². The van der Waals surface area contributed by atoms with Gasteiger partial charge in [0.2, 0.25) is 5.91 Å². The number of alkyl halides is 3. The normalized spacial score (nSPS) is 16.6. The van der Waals surface area contributed by atoms with Crippen molar-refractivity contribution in [2.45, 2.75) is 30.1 Å². The van der Waals surface area contributed by atoms with Gasteiger partial charge in [-0.3, -0.25) is 4.79 Å². The summed E-state index contributed by atoms with van der Waals surface area (Å²) in [5.41, 5.74) is -2.00. The second-order valence-corrected chi connectivity index (χ2v) is 7.16. The summed E-state index contributed by atoms with van der Waals surface area (Å²) in [6.45, 7) is 0.259. The molecule has 1 aliphatic rings. The molecule has 3 heterocycles. The number of hydrogen-bond donors (Lipinski definition) is 1. The van der Waals surface area contributed by atoms with Crippen LogP contribution in [0.4, 0.5) is 13.2 Å². The third-order valence-corrected chi connectivity index (χ3v) is 5.33. The number of furan rings is 1. The van der Waals surface area contributed by atoms with Crippen molar-refractivity contribution in [2.75, 3.05) is 12.3 Å². The van der Waals surface area contributed by atoms with Crippen LogP contribution in [0, 0.1) is 11.3 Å². The molecule has 1 amide bonds. The molecular formula is C18H14F3N3O4S. The van der Waals surface area contributed by atoms with E-state index in [1.807, 2.05) is 0 Å². The number of hydrogen-bond acceptors (Lipinski definition) is 6. The standard InChI is InChI=1S/C18H14F3N3O4S/c19-18(20,21)11-7-12(14-4-2-6-28-14)23-16(10(11)8-22)29-9-15(25)24-5-1-3-13(24)17(26)27/h2,4,6-7,13H,1,3,5,9H2,(H,26,27)/t13-/m1/s1. The topological polar surface area (TPSA) is 107 Å². The number of thioether (sulfide) groups is 1. The van der Waals surface area contributed by atoms with Gasteiger partial charge in [0, 0.05) is 6.54 Å². The van der Waals surface area contributed by atoms with Crippen LogP contribution in [0.3, 0.4) is 0 Å². The van der Waals surface area contributed by atoms with Crippen LogP contribution in [0.2, 0.25) is 0 Å². The Kier molecular flexibility index (Phi) is 5.83. The van der Waals surface area contributed by atoms with Gasteiger partial charge < -0.3 is 14.4 Å². The average Bonchev–Trinajstić information content (AvgIpc) is 3.36. The van der Waals surface area contributed by atoms with E-state index in [9.17, 15) is 33.1 Å². The third kappa shape index (κ3) is 4.37. The number of likely N-dealkylation sites (tertiary alicyclic amines) is 1. The van der Waals surface area contributed by atoms with E-state index in [2.05, 4.69) is 4.98 Å². The molecule has 152 valence electrons. The fourth-order valence-electron chi connectivity index (χ4n) is 3.04. The molecule has 2 aromatic rings. The van der Waals surface area contributed by atoms with Gasteiger partial charge in [0.15, 0.2) is 5.76 Å². The highest BCUT2D eigenvalue weighted by molar-refractivity contribution is 8.00. The van der Waals surface area contributed by atoms with Crippen LogP contribution in [0.25, 0.3) is 11.5 Å². The van der Waals surface area contributed by atoms with Crippen molar-refractivity contribution in [1.29, 1.82) is 5.26 Å². The first-order valence-corrected chi connectivity index (χ1v) is 9.42. The molecule has 1 N–H and O–H groups in total. The van der Waals surface area contributed by atoms with Crippen LogP contribution in [-0.2, 0) is 15.8 Å². The van der Waals surface area contributed by atoms with Crippen molar-refractivity contribution < 1.29 is 32.3 Å². The van der Waals surface area contributed by atoms with Crippen molar-refractivity contribution in [1.82, 2.24) is 9.88 Å². The fourth-order valence-corrected chi connectivity index (χ4v) is 3.93. The first-order chi connectivity index (χ1) is 13.7. The first-order valence-electron chi connectivity index (χ1n) is 8.43. The Balaban J connectivity index is 1.92. The Labute approximate surface area is 167 Å². The minimum Gasteiger partial charge on any atom is -0.480 e. The van der Waals surface area contributed by atoms with Crippen LogP contribution in [-0.4, -0.2) is 45.2 Å². The minimum atomic E-state index is -4.81. The van der Waals surface area contributed by atoms with Gasteiger partial charge in [-0.15, -0.1) is 0 Å². The van der Waals surface area contributed by atoms with Crippen LogP contribution in [0.1, 0.15) is 24.0 Å². The maximum Gasteiger partial charge on any atom is 0.417 e. The van der Waals surface area contributed by atoms with Crippen LogP contribution >= 0.6 is 11.8 Å². The maximum atomic E-state index is 13.5. The quantitative estimate of drug-likeness (QED) is 0.732. The number of nitriles is 1. The molecule has 7 nitrogen and oxygen atoms in total. The van der Waals surface area contributed by atoms with Gasteiger partial charge in [-0.2, -0.15) is 18.4 Å². The van der Waals surface area contributed by atoms with Gasteiger partial charge in [0.1, 0.15) is 22.8 Å². The maximum absolute atomic E-state index is 13.5. The highest BCUT2D eigenvalue weighted by atomic mass is 32.2. The molecule has 1 fully saturated rings. The number of nitrogens with zero attached hydrogens (tertiary/aromatic N) is 3. The van der Waals surface area contributed by atoms with Gasteiger partial charge in [-0.05, 0) is 31.0 Å². The lowest BCUT2D eigenvalue weighted by Crippen LogP contribution is -2.41.